The van der Waals surface area contributed by atoms with E-state index in [1.165, 1.54) is 0 Å². The number of amides is 2. The van der Waals surface area contributed by atoms with Crippen molar-refractivity contribution in [2.45, 2.75) is 52.2 Å². The van der Waals surface area contributed by atoms with Gasteiger partial charge in [-0.25, -0.2) is 0 Å². The van der Waals surface area contributed by atoms with Crippen LogP contribution in [-0.4, -0.2) is 28.8 Å². The summed E-state index contributed by atoms with van der Waals surface area (Å²) in [6, 6.07) is 12.2. The predicted molar refractivity (Wildman–Crippen MR) is 122 cm³/mol. The second-order valence-corrected chi connectivity index (χ2v) is 8.75. The van der Waals surface area contributed by atoms with E-state index < -0.39 is 6.04 Å². The van der Waals surface area contributed by atoms with Gasteiger partial charge in [0, 0.05) is 27.1 Å². The molecule has 2 rings (SSSR count). The second-order valence-electron chi connectivity index (χ2n) is 7.02. The van der Waals surface area contributed by atoms with Crippen LogP contribution in [0.1, 0.15) is 38.3 Å². The lowest BCUT2D eigenvalue weighted by atomic mass is 10.1. The Morgan fingerprint density at radius 3 is 2.21 bits per heavy atom. The molecule has 0 radical (unpaired) electrons. The Morgan fingerprint density at radius 2 is 1.66 bits per heavy atom. The van der Waals surface area contributed by atoms with Crippen molar-refractivity contribution >= 4 is 50.9 Å². The molecule has 0 aliphatic carbocycles. The van der Waals surface area contributed by atoms with E-state index in [-0.39, 0.29) is 24.3 Å². The van der Waals surface area contributed by atoms with Gasteiger partial charge in [0.15, 0.2) is 0 Å². The minimum absolute atomic E-state index is 0.0238. The Labute approximate surface area is 190 Å². The highest BCUT2D eigenvalue weighted by atomic mass is 79.9. The highest BCUT2D eigenvalue weighted by Gasteiger charge is 2.27. The van der Waals surface area contributed by atoms with Crippen LogP contribution in [0.5, 0.6) is 0 Å². The van der Waals surface area contributed by atoms with Gasteiger partial charge in [0.25, 0.3) is 0 Å². The number of hydrogen-bond donors (Lipinski definition) is 1. The number of carbonyl (C=O) groups excluding carboxylic acids is 2. The molecule has 2 atom stereocenters. The Balaban J connectivity index is 2.28. The van der Waals surface area contributed by atoms with E-state index >= 15 is 0 Å². The molecule has 0 saturated carbocycles. The van der Waals surface area contributed by atoms with E-state index in [2.05, 4.69) is 21.2 Å². The van der Waals surface area contributed by atoms with E-state index in [1.54, 1.807) is 30.0 Å². The molecule has 0 heterocycles. The lowest BCUT2D eigenvalue weighted by Gasteiger charge is -2.30. The van der Waals surface area contributed by atoms with Crippen molar-refractivity contribution in [3.63, 3.8) is 0 Å². The number of rotatable bonds is 8. The zero-order chi connectivity index (χ0) is 21.6. The molecule has 0 unspecified atom stereocenters. The Bertz CT molecular complexity index is 838. The molecule has 0 spiro atoms. The van der Waals surface area contributed by atoms with Crippen LogP contribution in [-0.2, 0) is 22.6 Å². The third kappa shape index (κ3) is 6.73. The standard InChI is InChI=1S/C22H25BrCl2N2O2/c1-4-14(2)26-22(29)15(3)27(13-16-8-10-17(23)11-9-16)21(28)12-18-19(24)6-5-7-20(18)25/h5-11,14-15H,4,12-13H2,1-3H3,(H,26,29)/t14-,15+/m0/s1. The van der Waals surface area contributed by atoms with Crippen LogP contribution in [0.15, 0.2) is 46.9 Å². The van der Waals surface area contributed by atoms with Crippen LogP contribution in [0, 0.1) is 0 Å². The summed E-state index contributed by atoms with van der Waals surface area (Å²) in [5, 5.41) is 3.83. The fourth-order valence-electron chi connectivity index (χ4n) is 2.79. The van der Waals surface area contributed by atoms with Gasteiger partial charge < -0.3 is 10.2 Å². The van der Waals surface area contributed by atoms with Crippen LogP contribution >= 0.6 is 39.1 Å². The maximum Gasteiger partial charge on any atom is 0.242 e. The van der Waals surface area contributed by atoms with Crippen molar-refractivity contribution < 1.29 is 9.59 Å². The van der Waals surface area contributed by atoms with Crippen molar-refractivity contribution in [2.75, 3.05) is 0 Å². The molecule has 0 aliphatic heterocycles. The molecule has 1 N–H and O–H groups in total. The van der Waals surface area contributed by atoms with Gasteiger partial charge in [0.05, 0.1) is 6.42 Å². The lowest BCUT2D eigenvalue weighted by Crippen LogP contribution is -2.49. The highest BCUT2D eigenvalue weighted by molar-refractivity contribution is 9.10. The molecule has 0 saturated heterocycles. The first-order chi connectivity index (χ1) is 13.7. The summed E-state index contributed by atoms with van der Waals surface area (Å²) in [6.07, 6.45) is 0.838. The zero-order valence-electron chi connectivity index (χ0n) is 16.7. The van der Waals surface area contributed by atoms with Crippen LogP contribution in [0.2, 0.25) is 10.0 Å². The Morgan fingerprint density at radius 1 is 1.07 bits per heavy atom. The van der Waals surface area contributed by atoms with E-state index in [0.717, 1.165) is 16.5 Å². The van der Waals surface area contributed by atoms with E-state index in [9.17, 15) is 9.59 Å². The van der Waals surface area contributed by atoms with Gasteiger partial charge in [-0.05, 0) is 55.7 Å². The monoisotopic (exact) mass is 498 g/mol. The smallest absolute Gasteiger partial charge is 0.242 e. The second kappa shape index (κ2) is 11.0. The molecule has 156 valence electrons. The molecule has 4 nitrogen and oxygen atoms in total. The van der Waals surface area contributed by atoms with Gasteiger partial charge in [0.2, 0.25) is 11.8 Å². The molecule has 0 aliphatic rings. The van der Waals surface area contributed by atoms with Gasteiger partial charge in [-0.2, -0.15) is 0 Å². The largest absolute Gasteiger partial charge is 0.352 e. The number of benzene rings is 2. The minimum Gasteiger partial charge on any atom is -0.352 e. The average molecular weight is 500 g/mol. The van der Waals surface area contributed by atoms with Crippen molar-refractivity contribution in [3.05, 3.63) is 68.1 Å². The molecule has 2 aromatic rings. The highest BCUT2D eigenvalue weighted by Crippen LogP contribution is 2.26. The van der Waals surface area contributed by atoms with Crippen molar-refractivity contribution in [3.8, 4) is 0 Å². The SMILES string of the molecule is CC[C@H](C)NC(=O)[C@@H](C)N(Cc1ccc(Br)cc1)C(=O)Cc1c(Cl)cccc1Cl. The summed E-state index contributed by atoms with van der Waals surface area (Å²) >= 11 is 15.9. The van der Waals surface area contributed by atoms with E-state index in [4.69, 9.17) is 23.2 Å². The molecule has 2 aromatic carbocycles. The van der Waals surface area contributed by atoms with E-state index in [0.29, 0.717) is 22.2 Å². The number of hydrogen-bond acceptors (Lipinski definition) is 2. The van der Waals surface area contributed by atoms with Gasteiger partial charge in [-0.1, -0.05) is 64.3 Å². The Kier molecular flexibility index (Phi) is 9.00. The maximum atomic E-state index is 13.2. The molecule has 0 fully saturated rings. The summed E-state index contributed by atoms with van der Waals surface area (Å²) < 4.78 is 0.949. The molecule has 2 amide bonds. The fourth-order valence-corrected chi connectivity index (χ4v) is 3.58. The third-order valence-electron chi connectivity index (χ3n) is 4.82. The first-order valence-corrected chi connectivity index (χ1v) is 11.0. The van der Waals surface area contributed by atoms with Crippen molar-refractivity contribution in [1.29, 1.82) is 0 Å². The quantitative estimate of drug-likeness (QED) is 0.511. The van der Waals surface area contributed by atoms with E-state index in [1.807, 2.05) is 38.1 Å². The molecule has 0 aromatic heterocycles. The number of halogens is 3. The summed E-state index contributed by atoms with van der Waals surface area (Å²) in [5.74, 6) is -0.398. The van der Waals surface area contributed by atoms with Gasteiger partial charge in [-0.15, -0.1) is 0 Å². The fraction of sp³-hybridized carbons (Fsp3) is 0.364. The number of nitrogens with one attached hydrogen (secondary N) is 1. The topological polar surface area (TPSA) is 49.4 Å². The number of nitrogens with zero attached hydrogens (tertiary/aromatic N) is 1. The van der Waals surface area contributed by atoms with Crippen LogP contribution in [0.25, 0.3) is 0 Å². The normalized spacial score (nSPS) is 12.9. The third-order valence-corrected chi connectivity index (χ3v) is 6.06. The van der Waals surface area contributed by atoms with Gasteiger partial charge >= 0.3 is 0 Å². The molecule has 0 bridgehead atoms. The zero-order valence-corrected chi connectivity index (χ0v) is 19.8. The van der Waals surface area contributed by atoms with Crippen LogP contribution in [0.4, 0.5) is 0 Å². The molecule has 7 heteroatoms. The average Bonchev–Trinajstić information content (AvgIpc) is 2.69. The molecular formula is C22H25BrCl2N2O2. The molecule has 29 heavy (non-hydrogen) atoms. The van der Waals surface area contributed by atoms with Crippen molar-refractivity contribution in [1.82, 2.24) is 10.2 Å². The predicted octanol–water partition coefficient (Wildman–Crippen LogP) is 5.63. The van der Waals surface area contributed by atoms with Crippen LogP contribution < -0.4 is 5.32 Å². The van der Waals surface area contributed by atoms with Crippen LogP contribution in [0.3, 0.4) is 0 Å². The Hall–Kier alpha value is -1.56. The first kappa shape index (κ1) is 23.7. The van der Waals surface area contributed by atoms with Gasteiger partial charge in [-0.3, -0.25) is 9.59 Å². The van der Waals surface area contributed by atoms with Crippen molar-refractivity contribution in [2.24, 2.45) is 0 Å². The lowest BCUT2D eigenvalue weighted by molar-refractivity contribution is -0.140. The first-order valence-electron chi connectivity index (χ1n) is 9.50. The summed E-state index contributed by atoms with van der Waals surface area (Å²) in [6.45, 7) is 5.99. The summed E-state index contributed by atoms with van der Waals surface area (Å²) in [5.41, 5.74) is 1.49. The minimum atomic E-state index is -0.638. The maximum absolute atomic E-state index is 13.2. The number of carbonyl (C=O) groups is 2. The van der Waals surface area contributed by atoms with Gasteiger partial charge in [0.1, 0.15) is 6.04 Å². The summed E-state index contributed by atoms with van der Waals surface area (Å²) in [4.78, 5) is 27.5. The summed E-state index contributed by atoms with van der Waals surface area (Å²) in [7, 11) is 0. The molecular weight excluding hydrogens is 475 g/mol.